The maximum Gasteiger partial charge on any atom is 0.330 e. The van der Waals surface area contributed by atoms with E-state index in [-0.39, 0.29) is 0 Å². The highest BCUT2D eigenvalue weighted by molar-refractivity contribution is 5.87. The lowest BCUT2D eigenvalue weighted by atomic mass is 10.1. The Hall–Kier alpha value is -2.28. The fourth-order valence-electron chi connectivity index (χ4n) is 1.16. The predicted molar refractivity (Wildman–Crippen MR) is 58.8 cm³/mol. The Labute approximate surface area is 93.7 Å². The summed E-state index contributed by atoms with van der Waals surface area (Å²) in [4.78, 5) is 10.9. The van der Waals surface area contributed by atoms with Gasteiger partial charge in [0.1, 0.15) is 5.75 Å². The predicted octanol–water partition coefficient (Wildman–Crippen LogP) is 1.75. The monoisotopic (exact) mass is 217 g/mol. The molecule has 0 aromatic heterocycles. The molecule has 1 rings (SSSR count). The van der Waals surface area contributed by atoms with Gasteiger partial charge in [-0.05, 0) is 24.3 Å². The number of esters is 1. The molecular formula is C12H11NO3. The minimum absolute atomic E-state index is 0.454. The van der Waals surface area contributed by atoms with Crippen molar-refractivity contribution >= 4 is 12.0 Å². The first kappa shape index (κ1) is 11.8. The van der Waals surface area contributed by atoms with E-state index in [1.165, 1.54) is 20.3 Å². The summed E-state index contributed by atoms with van der Waals surface area (Å²) in [5, 5.41) is 8.74. The molecule has 0 heterocycles. The van der Waals surface area contributed by atoms with Gasteiger partial charge in [0, 0.05) is 11.6 Å². The van der Waals surface area contributed by atoms with E-state index in [9.17, 15) is 4.79 Å². The highest BCUT2D eigenvalue weighted by atomic mass is 16.5. The summed E-state index contributed by atoms with van der Waals surface area (Å²) in [5.41, 5.74) is 1.16. The van der Waals surface area contributed by atoms with Gasteiger partial charge in [0.05, 0.1) is 25.9 Å². The first-order valence-electron chi connectivity index (χ1n) is 4.55. The number of benzene rings is 1. The van der Waals surface area contributed by atoms with Crippen LogP contribution in [0.15, 0.2) is 24.3 Å². The second-order valence-corrected chi connectivity index (χ2v) is 2.93. The standard InChI is InChI=1S/C12H11NO3/c1-15-11-5-3-9(8-13)7-10(11)4-6-12(14)16-2/h3-7H,1-2H3. The summed E-state index contributed by atoms with van der Waals surface area (Å²) >= 11 is 0. The number of nitriles is 1. The van der Waals surface area contributed by atoms with Crippen molar-refractivity contribution in [3.05, 3.63) is 35.4 Å². The number of hydrogen-bond donors (Lipinski definition) is 0. The summed E-state index contributed by atoms with van der Waals surface area (Å²) in [6, 6.07) is 6.98. The molecule has 16 heavy (non-hydrogen) atoms. The lowest BCUT2D eigenvalue weighted by Gasteiger charge is -2.04. The van der Waals surface area contributed by atoms with E-state index in [0.29, 0.717) is 16.9 Å². The molecule has 0 saturated heterocycles. The fraction of sp³-hybridized carbons (Fsp3) is 0.167. The summed E-state index contributed by atoms with van der Waals surface area (Å²) < 4.78 is 9.57. The van der Waals surface area contributed by atoms with Crippen LogP contribution in [0.1, 0.15) is 11.1 Å². The second kappa shape index (κ2) is 5.56. The molecular weight excluding hydrogens is 206 g/mol. The van der Waals surface area contributed by atoms with Crippen molar-refractivity contribution < 1.29 is 14.3 Å². The molecule has 0 spiro atoms. The quantitative estimate of drug-likeness (QED) is 0.571. The molecule has 0 saturated carbocycles. The molecule has 0 aliphatic rings. The molecule has 0 unspecified atom stereocenters. The molecule has 0 N–H and O–H groups in total. The Morgan fingerprint density at radius 1 is 1.44 bits per heavy atom. The molecule has 0 amide bonds. The molecule has 1 aromatic carbocycles. The molecule has 82 valence electrons. The van der Waals surface area contributed by atoms with Gasteiger partial charge in [-0.3, -0.25) is 0 Å². The zero-order valence-corrected chi connectivity index (χ0v) is 9.06. The van der Waals surface area contributed by atoms with Gasteiger partial charge in [-0.2, -0.15) is 5.26 Å². The van der Waals surface area contributed by atoms with Crippen LogP contribution >= 0.6 is 0 Å². The zero-order valence-electron chi connectivity index (χ0n) is 9.06. The van der Waals surface area contributed by atoms with Crippen LogP contribution in [-0.2, 0) is 9.53 Å². The maximum absolute atomic E-state index is 10.9. The van der Waals surface area contributed by atoms with Crippen molar-refractivity contribution in [1.29, 1.82) is 5.26 Å². The van der Waals surface area contributed by atoms with Gasteiger partial charge in [-0.1, -0.05) is 0 Å². The number of rotatable bonds is 3. The van der Waals surface area contributed by atoms with E-state index in [1.807, 2.05) is 6.07 Å². The van der Waals surface area contributed by atoms with Gasteiger partial charge in [-0.25, -0.2) is 4.79 Å². The number of carbonyl (C=O) groups is 1. The van der Waals surface area contributed by atoms with Crippen LogP contribution in [0.3, 0.4) is 0 Å². The van der Waals surface area contributed by atoms with Crippen molar-refractivity contribution in [2.45, 2.75) is 0 Å². The molecule has 0 bridgehead atoms. The third kappa shape index (κ3) is 2.85. The van der Waals surface area contributed by atoms with Crippen molar-refractivity contribution in [1.82, 2.24) is 0 Å². The van der Waals surface area contributed by atoms with Crippen LogP contribution in [0.5, 0.6) is 5.75 Å². The average molecular weight is 217 g/mol. The molecule has 0 radical (unpaired) electrons. The SMILES string of the molecule is COC(=O)C=Cc1cc(C#N)ccc1OC. The van der Waals surface area contributed by atoms with Gasteiger partial charge in [0.25, 0.3) is 0 Å². The highest BCUT2D eigenvalue weighted by Gasteiger charge is 2.02. The normalized spacial score (nSPS) is 9.81. The molecule has 4 nitrogen and oxygen atoms in total. The van der Waals surface area contributed by atoms with Gasteiger partial charge in [-0.15, -0.1) is 0 Å². The molecule has 0 aliphatic heterocycles. The van der Waals surface area contributed by atoms with E-state index >= 15 is 0 Å². The smallest absolute Gasteiger partial charge is 0.330 e. The van der Waals surface area contributed by atoms with Crippen LogP contribution in [0, 0.1) is 11.3 Å². The first-order valence-corrected chi connectivity index (χ1v) is 4.55. The minimum Gasteiger partial charge on any atom is -0.496 e. The lowest BCUT2D eigenvalue weighted by molar-refractivity contribution is -0.134. The molecule has 0 fully saturated rings. The summed E-state index contributed by atoms with van der Waals surface area (Å²) in [6.07, 6.45) is 2.82. The van der Waals surface area contributed by atoms with Crippen LogP contribution in [0.2, 0.25) is 0 Å². The molecule has 1 aromatic rings. The van der Waals surface area contributed by atoms with Crippen molar-refractivity contribution in [3.8, 4) is 11.8 Å². The third-order valence-corrected chi connectivity index (χ3v) is 1.96. The Morgan fingerprint density at radius 2 is 2.19 bits per heavy atom. The van der Waals surface area contributed by atoms with Crippen molar-refractivity contribution in [2.75, 3.05) is 14.2 Å². The minimum atomic E-state index is -0.454. The van der Waals surface area contributed by atoms with E-state index in [1.54, 1.807) is 24.3 Å². The Kier molecular flexibility index (Phi) is 4.10. The van der Waals surface area contributed by atoms with Gasteiger partial charge in [0.2, 0.25) is 0 Å². The van der Waals surface area contributed by atoms with E-state index in [0.717, 1.165) is 0 Å². The van der Waals surface area contributed by atoms with Crippen molar-refractivity contribution in [3.63, 3.8) is 0 Å². The average Bonchev–Trinajstić information content (AvgIpc) is 2.35. The topological polar surface area (TPSA) is 59.3 Å². The van der Waals surface area contributed by atoms with Crippen LogP contribution in [0.4, 0.5) is 0 Å². The van der Waals surface area contributed by atoms with Crippen molar-refractivity contribution in [2.24, 2.45) is 0 Å². The fourth-order valence-corrected chi connectivity index (χ4v) is 1.16. The lowest BCUT2D eigenvalue weighted by Crippen LogP contribution is -1.94. The number of nitrogens with zero attached hydrogens (tertiary/aromatic N) is 1. The Balaban J connectivity index is 3.05. The number of hydrogen-bond acceptors (Lipinski definition) is 4. The maximum atomic E-state index is 10.9. The van der Waals surface area contributed by atoms with Crippen LogP contribution in [-0.4, -0.2) is 20.2 Å². The molecule has 4 heteroatoms. The largest absolute Gasteiger partial charge is 0.496 e. The van der Waals surface area contributed by atoms with E-state index in [4.69, 9.17) is 10.00 Å². The van der Waals surface area contributed by atoms with Gasteiger partial charge < -0.3 is 9.47 Å². The van der Waals surface area contributed by atoms with E-state index < -0.39 is 5.97 Å². The number of ether oxygens (including phenoxy) is 2. The van der Waals surface area contributed by atoms with E-state index in [2.05, 4.69) is 4.74 Å². The second-order valence-electron chi connectivity index (χ2n) is 2.93. The molecule has 0 atom stereocenters. The molecule has 0 aliphatic carbocycles. The number of carbonyl (C=O) groups excluding carboxylic acids is 1. The van der Waals surface area contributed by atoms with Crippen LogP contribution in [0.25, 0.3) is 6.08 Å². The summed E-state index contributed by atoms with van der Waals surface area (Å²) in [6.45, 7) is 0. The zero-order chi connectivity index (χ0) is 12.0. The Morgan fingerprint density at radius 3 is 2.75 bits per heavy atom. The summed E-state index contributed by atoms with van der Waals surface area (Å²) in [7, 11) is 2.83. The Bertz CT molecular complexity index is 458. The third-order valence-electron chi connectivity index (χ3n) is 1.96. The van der Waals surface area contributed by atoms with Gasteiger partial charge >= 0.3 is 5.97 Å². The first-order chi connectivity index (χ1) is 7.71. The number of methoxy groups -OCH3 is 2. The summed E-state index contributed by atoms with van der Waals surface area (Å²) in [5.74, 6) is 0.142. The van der Waals surface area contributed by atoms with Gasteiger partial charge in [0.15, 0.2) is 0 Å². The highest BCUT2D eigenvalue weighted by Crippen LogP contribution is 2.20. The van der Waals surface area contributed by atoms with Crippen LogP contribution < -0.4 is 4.74 Å².